The third-order valence-corrected chi connectivity index (χ3v) is 3.35. The average Bonchev–Trinajstić information content (AvgIpc) is 2.18. The quantitative estimate of drug-likeness (QED) is 0.571. The Hall–Kier alpha value is -0.310. The third-order valence-electron chi connectivity index (χ3n) is 3.09. The van der Waals surface area contributed by atoms with Gasteiger partial charge in [0.15, 0.2) is 5.11 Å². The summed E-state index contributed by atoms with van der Waals surface area (Å²) >= 11 is 5.26. The van der Waals surface area contributed by atoms with Crippen LogP contribution < -0.4 is 10.6 Å². The second-order valence-electron chi connectivity index (χ2n) is 4.72. The van der Waals surface area contributed by atoms with Crippen LogP contribution in [0.2, 0.25) is 0 Å². The van der Waals surface area contributed by atoms with Gasteiger partial charge < -0.3 is 10.6 Å². The van der Waals surface area contributed by atoms with Gasteiger partial charge in [-0.3, -0.25) is 0 Å². The molecule has 0 amide bonds. The van der Waals surface area contributed by atoms with Gasteiger partial charge in [0.05, 0.1) is 0 Å². The van der Waals surface area contributed by atoms with Crippen LogP contribution in [0.15, 0.2) is 0 Å². The fourth-order valence-electron chi connectivity index (χ4n) is 2.18. The van der Waals surface area contributed by atoms with Gasteiger partial charge in [0.1, 0.15) is 0 Å². The Labute approximate surface area is 99.2 Å². The lowest BCUT2D eigenvalue weighted by Crippen LogP contribution is -2.43. The summed E-state index contributed by atoms with van der Waals surface area (Å²) in [5.74, 6) is 0.856. The van der Waals surface area contributed by atoms with Gasteiger partial charge in [-0.1, -0.05) is 33.1 Å². The molecule has 0 aliphatic heterocycles. The highest BCUT2D eigenvalue weighted by atomic mass is 32.1. The van der Waals surface area contributed by atoms with Crippen molar-refractivity contribution in [3.05, 3.63) is 0 Å². The van der Waals surface area contributed by atoms with E-state index in [9.17, 15) is 0 Å². The zero-order valence-corrected chi connectivity index (χ0v) is 10.8. The van der Waals surface area contributed by atoms with E-state index in [-0.39, 0.29) is 0 Å². The summed E-state index contributed by atoms with van der Waals surface area (Å²) in [5, 5.41) is 7.54. The van der Waals surface area contributed by atoms with E-state index in [4.69, 9.17) is 12.2 Å². The second kappa shape index (κ2) is 7.04. The molecule has 2 N–H and O–H groups in total. The number of thiocarbonyl (C=S) groups is 1. The van der Waals surface area contributed by atoms with Gasteiger partial charge in [-0.05, 0) is 37.4 Å². The van der Waals surface area contributed by atoms with E-state index in [1.807, 2.05) is 0 Å². The zero-order chi connectivity index (χ0) is 11.1. The minimum Gasteiger partial charge on any atom is -0.363 e. The van der Waals surface area contributed by atoms with Crippen LogP contribution in [-0.4, -0.2) is 17.7 Å². The molecule has 1 saturated carbocycles. The van der Waals surface area contributed by atoms with Crippen LogP contribution in [0.1, 0.15) is 52.4 Å². The SMILES string of the molecule is CCCCNC(=S)NC1CCCC(C)C1. The van der Waals surface area contributed by atoms with E-state index in [0.717, 1.165) is 17.6 Å². The van der Waals surface area contributed by atoms with Crippen molar-refractivity contribution in [1.82, 2.24) is 10.6 Å². The van der Waals surface area contributed by atoms with Crippen LogP contribution in [0.4, 0.5) is 0 Å². The Balaban J connectivity index is 2.13. The normalized spacial score (nSPS) is 26.0. The predicted molar refractivity (Wildman–Crippen MR) is 70.1 cm³/mol. The van der Waals surface area contributed by atoms with Crippen molar-refractivity contribution >= 4 is 17.3 Å². The van der Waals surface area contributed by atoms with Crippen LogP contribution in [0, 0.1) is 5.92 Å². The van der Waals surface area contributed by atoms with E-state index in [2.05, 4.69) is 24.5 Å². The van der Waals surface area contributed by atoms with Crippen LogP contribution in [0.5, 0.6) is 0 Å². The predicted octanol–water partition coefficient (Wildman–Crippen LogP) is 2.83. The molecule has 0 radical (unpaired) electrons. The molecule has 15 heavy (non-hydrogen) atoms. The lowest BCUT2D eigenvalue weighted by atomic mass is 9.87. The maximum Gasteiger partial charge on any atom is 0.166 e. The molecule has 0 bridgehead atoms. The molecule has 1 fully saturated rings. The first kappa shape index (κ1) is 12.8. The summed E-state index contributed by atoms with van der Waals surface area (Å²) in [6.07, 6.45) is 7.69. The van der Waals surface area contributed by atoms with Crippen molar-refractivity contribution in [3.8, 4) is 0 Å². The Kier molecular flexibility index (Phi) is 5.99. The molecule has 3 heteroatoms. The first-order chi connectivity index (χ1) is 7.22. The van der Waals surface area contributed by atoms with Crippen LogP contribution >= 0.6 is 12.2 Å². The van der Waals surface area contributed by atoms with E-state index in [1.165, 1.54) is 38.5 Å². The summed E-state index contributed by atoms with van der Waals surface area (Å²) in [6.45, 7) is 5.53. The maximum absolute atomic E-state index is 5.26. The van der Waals surface area contributed by atoms with Gasteiger partial charge >= 0.3 is 0 Å². The summed E-state index contributed by atoms with van der Waals surface area (Å²) in [5.41, 5.74) is 0. The van der Waals surface area contributed by atoms with Gasteiger partial charge in [0, 0.05) is 12.6 Å². The molecule has 1 rings (SSSR count). The molecule has 2 nitrogen and oxygen atoms in total. The second-order valence-corrected chi connectivity index (χ2v) is 5.13. The monoisotopic (exact) mass is 228 g/mol. The van der Waals surface area contributed by atoms with E-state index in [1.54, 1.807) is 0 Å². The molecule has 1 aliphatic carbocycles. The van der Waals surface area contributed by atoms with Crippen molar-refractivity contribution < 1.29 is 0 Å². The number of unbranched alkanes of at least 4 members (excludes halogenated alkanes) is 1. The molecule has 0 spiro atoms. The first-order valence-corrected chi connectivity index (χ1v) is 6.67. The fourth-order valence-corrected chi connectivity index (χ4v) is 2.45. The lowest BCUT2D eigenvalue weighted by molar-refractivity contribution is 0.325. The molecular weight excluding hydrogens is 204 g/mol. The minimum atomic E-state index is 0.607. The largest absolute Gasteiger partial charge is 0.363 e. The summed E-state index contributed by atoms with van der Waals surface area (Å²) in [7, 11) is 0. The molecule has 2 unspecified atom stereocenters. The van der Waals surface area contributed by atoms with E-state index in [0.29, 0.717) is 6.04 Å². The Morgan fingerprint density at radius 1 is 1.40 bits per heavy atom. The highest BCUT2D eigenvalue weighted by Crippen LogP contribution is 2.23. The van der Waals surface area contributed by atoms with Gasteiger partial charge in [-0.25, -0.2) is 0 Å². The van der Waals surface area contributed by atoms with Gasteiger partial charge in [0.25, 0.3) is 0 Å². The molecule has 0 aromatic rings. The molecule has 1 aliphatic rings. The number of hydrogen-bond donors (Lipinski definition) is 2. The number of nitrogens with one attached hydrogen (secondary N) is 2. The molecule has 0 heterocycles. The summed E-state index contributed by atoms with van der Waals surface area (Å²) < 4.78 is 0. The van der Waals surface area contributed by atoms with Crippen molar-refractivity contribution in [1.29, 1.82) is 0 Å². The van der Waals surface area contributed by atoms with Crippen LogP contribution in [0.3, 0.4) is 0 Å². The molecule has 0 aromatic carbocycles. The summed E-state index contributed by atoms with van der Waals surface area (Å²) in [6, 6.07) is 0.607. The standard InChI is InChI=1S/C12H24N2S/c1-3-4-8-13-12(15)14-11-7-5-6-10(2)9-11/h10-11H,3-9H2,1-2H3,(H2,13,14,15). The third kappa shape index (κ3) is 5.36. The van der Waals surface area contributed by atoms with Gasteiger partial charge in [-0.15, -0.1) is 0 Å². The lowest BCUT2D eigenvalue weighted by Gasteiger charge is -2.28. The zero-order valence-electron chi connectivity index (χ0n) is 10.0. The topological polar surface area (TPSA) is 24.1 Å². The Bertz CT molecular complexity index is 194. The molecular formula is C12H24N2S. The maximum atomic E-state index is 5.26. The van der Waals surface area contributed by atoms with Crippen molar-refractivity contribution in [2.45, 2.75) is 58.4 Å². The van der Waals surface area contributed by atoms with E-state index < -0.39 is 0 Å². The summed E-state index contributed by atoms with van der Waals surface area (Å²) in [4.78, 5) is 0. The van der Waals surface area contributed by atoms with Crippen molar-refractivity contribution in [2.75, 3.05) is 6.54 Å². The van der Waals surface area contributed by atoms with Crippen LogP contribution in [0.25, 0.3) is 0 Å². The van der Waals surface area contributed by atoms with Crippen LogP contribution in [-0.2, 0) is 0 Å². The average molecular weight is 228 g/mol. The highest BCUT2D eigenvalue weighted by molar-refractivity contribution is 7.80. The minimum absolute atomic E-state index is 0.607. The first-order valence-electron chi connectivity index (χ1n) is 6.26. The highest BCUT2D eigenvalue weighted by Gasteiger charge is 2.18. The smallest absolute Gasteiger partial charge is 0.166 e. The molecule has 88 valence electrons. The molecule has 2 atom stereocenters. The number of rotatable bonds is 4. The Morgan fingerprint density at radius 3 is 2.87 bits per heavy atom. The Morgan fingerprint density at radius 2 is 2.20 bits per heavy atom. The van der Waals surface area contributed by atoms with Gasteiger partial charge in [0.2, 0.25) is 0 Å². The molecule has 0 aromatic heterocycles. The van der Waals surface area contributed by atoms with Crippen molar-refractivity contribution in [3.63, 3.8) is 0 Å². The van der Waals surface area contributed by atoms with Gasteiger partial charge in [-0.2, -0.15) is 0 Å². The number of hydrogen-bond acceptors (Lipinski definition) is 1. The van der Waals surface area contributed by atoms with Crippen molar-refractivity contribution in [2.24, 2.45) is 5.92 Å². The van der Waals surface area contributed by atoms with E-state index >= 15 is 0 Å². The fraction of sp³-hybridized carbons (Fsp3) is 0.917. The molecule has 0 saturated heterocycles.